The molecule has 1 aromatic carbocycles. The Balaban J connectivity index is 2.61. The number of nitriles is 1. The maximum absolute atomic E-state index is 13.9. The van der Waals surface area contributed by atoms with E-state index in [9.17, 15) is 4.39 Å². The summed E-state index contributed by atoms with van der Waals surface area (Å²) >= 11 is 0. The van der Waals surface area contributed by atoms with Crippen molar-refractivity contribution in [3.8, 4) is 6.07 Å². The monoisotopic (exact) mass is 257 g/mol. The van der Waals surface area contributed by atoms with Crippen LogP contribution >= 0.6 is 0 Å². The predicted octanol–water partition coefficient (Wildman–Crippen LogP) is 3.31. The first-order valence-corrected chi connectivity index (χ1v) is 6.10. The molecule has 0 spiro atoms. The van der Waals surface area contributed by atoms with E-state index in [1.54, 1.807) is 18.2 Å². The van der Waals surface area contributed by atoms with Crippen LogP contribution in [0.1, 0.15) is 35.3 Å². The van der Waals surface area contributed by atoms with Gasteiger partial charge in [-0.1, -0.05) is 18.2 Å². The lowest BCUT2D eigenvalue weighted by Gasteiger charge is -2.19. The van der Waals surface area contributed by atoms with Crippen molar-refractivity contribution in [3.05, 3.63) is 52.5 Å². The first kappa shape index (κ1) is 13.2. The lowest BCUT2D eigenvalue weighted by molar-refractivity contribution is 0.555. The molecule has 1 atom stereocenters. The van der Waals surface area contributed by atoms with Crippen LogP contribution < -0.4 is 5.73 Å². The predicted molar refractivity (Wildman–Crippen MR) is 73.2 cm³/mol. The molecule has 0 aliphatic heterocycles. The van der Waals surface area contributed by atoms with Crippen LogP contribution in [0.4, 0.5) is 10.2 Å². The van der Waals surface area contributed by atoms with E-state index in [-0.39, 0.29) is 11.9 Å². The third-order valence-electron chi connectivity index (χ3n) is 3.65. The molecule has 3 nitrogen and oxygen atoms in total. The molecule has 2 rings (SSSR count). The maximum Gasteiger partial charge on any atom is 0.128 e. The van der Waals surface area contributed by atoms with Gasteiger partial charge in [0.25, 0.3) is 0 Å². The van der Waals surface area contributed by atoms with E-state index in [4.69, 9.17) is 11.0 Å². The molecular formula is C15H16FN3. The number of rotatable bonds is 2. The lowest BCUT2D eigenvalue weighted by Crippen LogP contribution is -2.13. The second kappa shape index (κ2) is 4.77. The highest BCUT2D eigenvalue weighted by molar-refractivity contribution is 5.58. The summed E-state index contributed by atoms with van der Waals surface area (Å²) in [5.74, 6) is 0.131. The molecule has 19 heavy (non-hydrogen) atoms. The third-order valence-corrected chi connectivity index (χ3v) is 3.65. The Morgan fingerprint density at radius 2 is 1.95 bits per heavy atom. The number of nitrogens with two attached hydrogens (primary N) is 1. The van der Waals surface area contributed by atoms with E-state index in [0.29, 0.717) is 16.9 Å². The average Bonchev–Trinajstić information content (AvgIpc) is 2.60. The molecule has 1 aromatic heterocycles. The summed E-state index contributed by atoms with van der Waals surface area (Å²) in [5, 5.41) is 9.13. The summed E-state index contributed by atoms with van der Waals surface area (Å²) in [4.78, 5) is 0. The van der Waals surface area contributed by atoms with Gasteiger partial charge in [-0.25, -0.2) is 4.39 Å². The highest BCUT2D eigenvalue weighted by Gasteiger charge is 2.21. The first-order valence-electron chi connectivity index (χ1n) is 6.10. The van der Waals surface area contributed by atoms with Crippen molar-refractivity contribution in [2.45, 2.75) is 26.8 Å². The van der Waals surface area contributed by atoms with E-state index in [0.717, 1.165) is 11.3 Å². The number of anilines is 1. The van der Waals surface area contributed by atoms with E-state index >= 15 is 0 Å². The highest BCUT2D eigenvalue weighted by Crippen LogP contribution is 2.31. The third kappa shape index (κ3) is 1.97. The van der Waals surface area contributed by atoms with Crippen molar-refractivity contribution in [3.63, 3.8) is 0 Å². The number of nitrogens with zero attached hydrogens (tertiary/aromatic N) is 2. The molecule has 0 fully saturated rings. The van der Waals surface area contributed by atoms with Crippen LogP contribution in [0.3, 0.4) is 0 Å². The number of halogens is 1. The second-order valence-electron chi connectivity index (χ2n) is 4.65. The Bertz CT molecular complexity index is 665. The molecule has 2 aromatic rings. The SMILES string of the molecule is Cc1c(C#N)c(N)n(C(C)c2ccccc2F)c1C. The van der Waals surface area contributed by atoms with Gasteiger partial charge in [-0.15, -0.1) is 0 Å². The number of aromatic nitrogens is 1. The van der Waals surface area contributed by atoms with Crippen LogP contribution in [-0.2, 0) is 0 Å². The molecule has 1 heterocycles. The zero-order valence-corrected chi connectivity index (χ0v) is 11.2. The van der Waals surface area contributed by atoms with E-state index < -0.39 is 0 Å². The average molecular weight is 257 g/mol. The van der Waals surface area contributed by atoms with E-state index in [2.05, 4.69) is 6.07 Å². The van der Waals surface area contributed by atoms with Crippen LogP contribution in [0.25, 0.3) is 0 Å². The van der Waals surface area contributed by atoms with E-state index in [1.807, 2.05) is 25.3 Å². The van der Waals surface area contributed by atoms with Crippen molar-refractivity contribution < 1.29 is 4.39 Å². The first-order chi connectivity index (χ1) is 8.99. The minimum absolute atomic E-state index is 0.248. The van der Waals surface area contributed by atoms with Crippen molar-refractivity contribution in [1.82, 2.24) is 4.57 Å². The molecule has 1 unspecified atom stereocenters. The van der Waals surface area contributed by atoms with Crippen LogP contribution in [0, 0.1) is 31.0 Å². The highest BCUT2D eigenvalue weighted by atomic mass is 19.1. The fourth-order valence-electron chi connectivity index (χ4n) is 2.45. The van der Waals surface area contributed by atoms with Gasteiger partial charge in [0.05, 0.1) is 11.6 Å². The van der Waals surface area contributed by atoms with Gasteiger partial charge in [0, 0.05) is 11.3 Å². The minimum atomic E-state index is -0.265. The normalized spacial score (nSPS) is 12.2. The zero-order valence-electron chi connectivity index (χ0n) is 11.2. The van der Waals surface area contributed by atoms with Gasteiger partial charge < -0.3 is 10.3 Å². The molecule has 0 aliphatic rings. The molecular weight excluding hydrogens is 241 g/mol. The zero-order chi connectivity index (χ0) is 14.2. The topological polar surface area (TPSA) is 54.7 Å². The van der Waals surface area contributed by atoms with Crippen molar-refractivity contribution in [2.24, 2.45) is 0 Å². The van der Waals surface area contributed by atoms with Crippen molar-refractivity contribution in [1.29, 1.82) is 5.26 Å². The Labute approximate surface area is 112 Å². The maximum atomic E-state index is 13.9. The minimum Gasteiger partial charge on any atom is -0.384 e. The summed E-state index contributed by atoms with van der Waals surface area (Å²) in [6.07, 6.45) is 0. The Morgan fingerprint density at radius 1 is 1.32 bits per heavy atom. The van der Waals surface area contributed by atoms with Crippen LogP contribution in [0.2, 0.25) is 0 Å². The van der Waals surface area contributed by atoms with Gasteiger partial charge >= 0.3 is 0 Å². The summed E-state index contributed by atoms with van der Waals surface area (Å²) in [6.45, 7) is 5.63. The van der Waals surface area contributed by atoms with Gasteiger partial charge in [-0.3, -0.25) is 0 Å². The quantitative estimate of drug-likeness (QED) is 0.897. The summed E-state index contributed by atoms with van der Waals surface area (Å²) < 4.78 is 15.7. The largest absolute Gasteiger partial charge is 0.384 e. The van der Waals surface area contributed by atoms with Crippen molar-refractivity contribution >= 4 is 5.82 Å². The molecule has 0 saturated heterocycles. The number of hydrogen-bond donors (Lipinski definition) is 1. The lowest BCUT2D eigenvalue weighted by atomic mass is 10.1. The molecule has 0 radical (unpaired) electrons. The number of nitrogen functional groups attached to an aromatic ring is 1. The Hall–Kier alpha value is -2.28. The molecule has 2 N–H and O–H groups in total. The molecule has 0 bridgehead atoms. The fourth-order valence-corrected chi connectivity index (χ4v) is 2.45. The van der Waals surface area contributed by atoms with Gasteiger partial charge in [-0.05, 0) is 32.4 Å². The summed E-state index contributed by atoms with van der Waals surface area (Å²) in [6, 6.07) is 8.47. The van der Waals surface area contributed by atoms with Gasteiger partial charge in [0.1, 0.15) is 17.7 Å². The molecule has 0 aliphatic carbocycles. The molecule has 0 amide bonds. The molecule has 0 saturated carbocycles. The Morgan fingerprint density at radius 3 is 2.47 bits per heavy atom. The standard InChI is InChI=1S/C15H16FN3/c1-9-10(2)19(15(18)13(9)8-17)11(3)12-6-4-5-7-14(12)16/h4-7,11H,18H2,1-3H3. The van der Waals surface area contributed by atoms with E-state index in [1.165, 1.54) is 6.07 Å². The number of benzene rings is 1. The molecule has 98 valence electrons. The summed E-state index contributed by atoms with van der Waals surface area (Å²) in [5.41, 5.74) is 8.80. The van der Waals surface area contributed by atoms with Gasteiger partial charge in [0.2, 0.25) is 0 Å². The van der Waals surface area contributed by atoms with Crippen LogP contribution in [-0.4, -0.2) is 4.57 Å². The molecule has 4 heteroatoms. The van der Waals surface area contributed by atoms with Crippen LogP contribution in [0.15, 0.2) is 24.3 Å². The smallest absolute Gasteiger partial charge is 0.128 e. The number of hydrogen-bond acceptors (Lipinski definition) is 2. The fraction of sp³-hybridized carbons (Fsp3) is 0.267. The Kier molecular flexibility index (Phi) is 3.30. The van der Waals surface area contributed by atoms with Crippen LogP contribution in [0.5, 0.6) is 0 Å². The second-order valence-corrected chi connectivity index (χ2v) is 4.65. The van der Waals surface area contributed by atoms with Crippen molar-refractivity contribution in [2.75, 3.05) is 5.73 Å². The van der Waals surface area contributed by atoms with Gasteiger partial charge in [0.15, 0.2) is 0 Å². The summed E-state index contributed by atoms with van der Waals surface area (Å²) in [7, 11) is 0. The van der Waals surface area contributed by atoms with Gasteiger partial charge in [-0.2, -0.15) is 5.26 Å².